The molecule has 0 spiro atoms. The van der Waals surface area contributed by atoms with E-state index in [9.17, 15) is 9.59 Å². The molecule has 68 valence electrons. The Balaban J connectivity index is 3.99. The highest BCUT2D eigenvalue weighted by atomic mass is 16.7. The largest absolute Gasteiger partial charge is 0.510 e. The summed E-state index contributed by atoms with van der Waals surface area (Å²) in [6.07, 6.45) is -0.626. The molecule has 0 unspecified atom stereocenters. The molecule has 0 rings (SSSR count). The summed E-state index contributed by atoms with van der Waals surface area (Å²) in [5.41, 5.74) is 0.110. The maximum Gasteiger partial charge on any atom is 0.510 e. The lowest BCUT2D eigenvalue weighted by Crippen LogP contribution is -2.06. The highest BCUT2D eigenvalue weighted by molar-refractivity contribution is 5.87. The molecule has 5 nitrogen and oxygen atoms in total. The van der Waals surface area contributed by atoms with Gasteiger partial charge < -0.3 is 14.6 Å². The molecule has 0 aromatic heterocycles. The van der Waals surface area contributed by atoms with Crippen LogP contribution in [0.4, 0.5) is 4.79 Å². The highest BCUT2D eigenvalue weighted by Crippen LogP contribution is 1.96. The van der Waals surface area contributed by atoms with E-state index in [2.05, 4.69) is 9.47 Å². The van der Waals surface area contributed by atoms with Crippen molar-refractivity contribution in [1.82, 2.24) is 0 Å². The van der Waals surface area contributed by atoms with Crippen molar-refractivity contribution < 1.29 is 24.2 Å². The van der Waals surface area contributed by atoms with Crippen molar-refractivity contribution in [1.29, 1.82) is 0 Å². The van der Waals surface area contributed by atoms with Crippen molar-refractivity contribution in [3.8, 4) is 0 Å². The van der Waals surface area contributed by atoms with Crippen molar-refractivity contribution in [3.63, 3.8) is 0 Å². The van der Waals surface area contributed by atoms with Gasteiger partial charge in [0.05, 0.1) is 12.2 Å². The fourth-order valence-corrected chi connectivity index (χ4v) is 0.432. The third-order valence-corrected chi connectivity index (χ3v) is 0.934. The van der Waals surface area contributed by atoms with Crippen molar-refractivity contribution in [2.24, 2.45) is 0 Å². The smallest absolute Gasteiger partial charge is 0.463 e. The summed E-state index contributed by atoms with van der Waals surface area (Å²) in [6.45, 7) is 3.31. The SMILES string of the molecule is CCOC(=O)/C(C)=C/OC(=O)O. The fraction of sp³-hybridized carbons (Fsp3) is 0.429. The van der Waals surface area contributed by atoms with Gasteiger partial charge in [-0.05, 0) is 13.8 Å². The van der Waals surface area contributed by atoms with Gasteiger partial charge in [0.1, 0.15) is 6.26 Å². The highest BCUT2D eigenvalue weighted by Gasteiger charge is 2.05. The van der Waals surface area contributed by atoms with Gasteiger partial charge in [-0.2, -0.15) is 0 Å². The molecule has 0 saturated carbocycles. The monoisotopic (exact) mass is 174 g/mol. The van der Waals surface area contributed by atoms with Gasteiger partial charge in [0.25, 0.3) is 0 Å². The third kappa shape index (κ3) is 4.32. The molecule has 5 heteroatoms. The summed E-state index contributed by atoms with van der Waals surface area (Å²) in [5.74, 6) is -0.584. The predicted octanol–water partition coefficient (Wildman–Crippen LogP) is 1.15. The standard InChI is InChI=1S/C7H10O5/c1-3-11-6(8)5(2)4-12-7(9)10/h4H,3H2,1-2H3,(H,9,10)/b5-4+. The van der Waals surface area contributed by atoms with Gasteiger partial charge in [0, 0.05) is 0 Å². The molecule has 0 bridgehead atoms. The minimum atomic E-state index is -1.46. The van der Waals surface area contributed by atoms with E-state index in [1.807, 2.05) is 0 Å². The second-order valence-corrected chi connectivity index (χ2v) is 1.91. The summed E-state index contributed by atoms with van der Waals surface area (Å²) in [4.78, 5) is 20.7. The topological polar surface area (TPSA) is 72.8 Å². The molecule has 1 N–H and O–H groups in total. The van der Waals surface area contributed by atoms with Crippen LogP contribution in [-0.2, 0) is 14.3 Å². The van der Waals surface area contributed by atoms with E-state index in [-0.39, 0.29) is 12.2 Å². The van der Waals surface area contributed by atoms with Gasteiger partial charge in [0.15, 0.2) is 0 Å². The van der Waals surface area contributed by atoms with Crippen molar-refractivity contribution in [2.75, 3.05) is 6.61 Å². The van der Waals surface area contributed by atoms with Crippen LogP contribution in [0.1, 0.15) is 13.8 Å². The van der Waals surface area contributed by atoms with E-state index < -0.39 is 12.1 Å². The number of carboxylic acid groups (broad SMARTS) is 1. The van der Waals surface area contributed by atoms with Crippen LogP contribution >= 0.6 is 0 Å². The lowest BCUT2D eigenvalue weighted by molar-refractivity contribution is -0.138. The Kier molecular flexibility index (Phi) is 4.52. The minimum absolute atomic E-state index is 0.110. The Labute approximate surface area is 69.6 Å². The molecule has 0 aromatic rings. The second-order valence-electron chi connectivity index (χ2n) is 1.91. The van der Waals surface area contributed by atoms with Gasteiger partial charge >= 0.3 is 12.1 Å². The first-order chi connectivity index (χ1) is 5.57. The Morgan fingerprint density at radius 3 is 2.50 bits per heavy atom. The van der Waals surface area contributed by atoms with E-state index >= 15 is 0 Å². The maximum absolute atomic E-state index is 10.8. The maximum atomic E-state index is 10.8. The zero-order chi connectivity index (χ0) is 9.56. The molecular weight excluding hydrogens is 164 g/mol. The molecule has 0 aliphatic rings. The van der Waals surface area contributed by atoms with Crippen molar-refractivity contribution >= 4 is 12.1 Å². The average Bonchev–Trinajstić information content (AvgIpc) is 2.00. The number of esters is 1. The van der Waals surface area contributed by atoms with Crippen LogP contribution in [0.15, 0.2) is 11.8 Å². The first-order valence-electron chi connectivity index (χ1n) is 3.31. The van der Waals surface area contributed by atoms with Gasteiger partial charge in [-0.15, -0.1) is 0 Å². The quantitative estimate of drug-likeness (QED) is 0.394. The molecule has 0 fully saturated rings. The summed E-state index contributed by atoms with van der Waals surface area (Å²) < 4.78 is 8.58. The summed E-state index contributed by atoms with van der Waals surface area (Å²) in [7, 11) is 0. The van der Waals surface area contributed by atoms with E-state index in [1.165, 1.54) is 6.92 Å². The van der Waals surface area contributed by atoms with Gasteiger partial charge in [0.2, 0.25) is 0 Å². The minimum Gasteiger partial charge on any atom is -0.463 e. The van der Waals surface area contributed by atoms with E-state index in [0.29, 0.717) is 0 Å². The van der Waals surface area contributed by atoms with Gasteiger partial charge in [-0.3, -0.25) is 0 Å². The molecule has 0 aliphatic carbocycles. The fourth-order valence-electron chi connectivity index (χ4n) is 0.432. The molecule has 0 aromatic carbocycles. The van der Waals surface area contributed by atoms with Crippen LogP contribution in [-0.4, -0.2) is 23.8 Å². The molecule has 0 heterocycles. The Hall–Kier alpha value is -1.52. The van der Waals surface area contributed by atoms with E-state index in [0.717, 1.165) is 6.26 Å². The van der Waals surface area contributed by atoms with Crippen LogP contribution < -0.4 is 0 Å². The molecule has 0 aliphatic heterocycles. The zero-order valence-electron chi connectivity index (χ0n) is 6.86. The molecule has 0 amide bonds. The Bertz CT molecular complexity index is 206. The molecule has 12 heavy (non-hydrogen) atoms. The third-order valence-electron chi connectivity index (χ3n) is 0.934. The lowest BCUT2D eigenvalue weighted by atomic mass is 10.3. The van der Waals surface area contributed by atoms with Crippen molar-refractivity contribution in [2.45, 2.75) is 13.8 Å². The predicted molar refractivity (Wildman–Crippen MR) is 39.5 cm³/mol. The van der Waals surface area contributed by atoms with E-state index in [1.54, 1.807) is 6.92 Å². The van der Waals surface area contributed by atoms with Crippen LogP contribution in [0.3, 0.4) is 0 Å². The number of hydrogen-bond acceptors (Lipinski definition) is 4. The number of ether oxygens (including phenoxy) is 2. The normalized spacial score (nSPS) is 10.7. The van der Waals surface area contributed by atoms with Crippen LogP contribution in [0.2, 0.25) is 0 Å². The lowest BCUT2D eigenvalue weighted by Gasteiger charge is -1.99. The van der Waals surface area contributed by atoms with Crippen LogP contribution in [0, 0.1) is 0 Å². The number of carbonyl (C=O) groups excluding carboxylic acids is 1. The first kappa shape index (κ1) is 10.5. The molecule has 0 saturated heterocycles. The zero-order valence-corrected chi connectivity index (χ0v) is 6.86. The van der Waals surface area contributed by atoms with E-state index in [4.69, 9.17) is 5.11 Å². The molecule has 0 atom stereocenters. The summed E-state index contributed by atoms with van der Waals surface area (Å²) in [6, 6.07) is 0. The number of carbonyl (C=O) groups is 2. The Morgan fingerprint density at radius 1 is 1.50 bits per heavy atom. The van der Waals surface area contributed by atoms with Crippen LogP contribution in [0.25, 0.3) is 0 Å². The summed E-state index contributed by atoms with van der Waals surface area (Å²) in [5, 5.41) is 8.06. The van der Waals surface area contributed by atoms with Gasteiger partial charge in [-0.1, -0.05) is 0 Å². The first-order valence-corrected chi connectivity index (χ1v) is 3.31. The van der Waals surface area contributed by atoms with Gasteiger partial charge in [-0.25, -0.2) is 9.59 Å². The summed E-state index contributed by atoms with van der Waals surface area (Å²) >= 11 is 0. The molecular formula is C7H10O5. The number of rotatable bonds is 3. The average molecular weight is 174 g/mol. The van der Waals surface area contributed by atoms with Crippen molar-refractivity contribution in [3.05, 3.63) is 11.8 Å². The second kappa shape index (κ2) is 5.17. The Morgan fingerprint density at radius 2 is 2.08 bits per heavy atom. The van der Waals surface area contributed by atoms with Crippen LogP contribution in [0.5, 0.6) is 0 Å². The molecule has 0 radical (unpaired) electrons. The number of hydrogen-bond donors (Lipinski definition) is 1.